The van der Waals surface area contributed by atoms with Crippen LogP contribution in [0.25, 0.3) is 22.2 Å². The molecule has 0 spiro atoms. The minimum atomic E-state index is -0.308. The molecule has 3 rings (SSSR count). The van der Waals surface area contributed by atoms with E-state index < -0.39 is 0 Å². The van der Waals surface area contributed by atoms with Gasteiger partial charge in [-0.15, -0.1) is 0 Å². The molecular weight excluding hydrogens is 274 g/mol. The predicted molar refractivity (Wildman–Crippen MR) is 87.9 cm³/mol. The first-order valence-electron chi connectivity index (χ1n) is 7.33. The number of carbonyl (C=O) groups excluding carboxylic acids is 1. The highest BCUT2D eigenvalue weighted by molar-refractivity contribution is 6.05. The highest BCUT2D eigenvalue weighted by Crippen LogP contribution is 2.27. The van der Waals surface area contributed by atoms with Crippen molar-refractivity contribution in [3.63, 3.8) is 0 Å². The van der Waals surface area contributed by atoms with Gasteiger partial charge in [0.1, 0.15) is 0 Å². The maximum Gasteiger partial charge on any atom is 0.338 e. The Balaban J connectivity index is 2.28. The molecular formula is C19H17NO2. The van der Waals surface area contributed by atoms with Crippen molar-refractivity contribution in [2.75, 3.05) is 6.61 Å². The van der Waals surface area contributed by atoms with Crippen LogP contribution >= 0.6 is 0 Å². The van der Waals surface area contributed by atoms with Crippen LogP contribution in [0.4, 0.5) is 0 Å². The van der Waals surface area contributed by atoms with E-state index in [0.29, 0.717) is 12.2 Å². The lowest BCUT2D eigenvalue weighted by Gasteiger charge is -2.10. The molecule has 0 aliphatic heterocycles. The van der Waals surface area contributed by atoms with Crippen molar-refractivity contribution in [3.8, 4) is 11.3 Å². The van der Waals surface area contributed by atoms with Crippen LogP contribution in [0.1, 0.15) is 22.8 Å². The van der Waals surface area contributed by atoms with E-state index in [-0.39, 0.29) is 5.97 Å². The molecule has 0 amide bonds. The van der Waals surface area contributed by atoms with Crippen LogP contribution in [0.5, 0.6) is 0 Å². The molecule has 2 aromatic carbocycles. The lowest BCUT2D eigenvalue weighted by atomic mass is 10.0. The van der Waals surface area contributed by atoms with Gasteiger partial charge in [-0.2, -0.15) is 0 Å². The predicted octanol–water partition coefficient (Wildman–Crippen LogP) is 4.39. The van der Waals surface area contributed by atoms with Gasteiger partial charge in [-0.25, -0.2) is 9.78 Å². The lowest BCUT2D eigenvalue weighted by molar-refractivity contribution is 0.0528. The summed E-state index contributed by atoms with van der Waals surface area (Å²) in [4.78, 5) is 17.0. The molecule has 0 radical (unpaired) electrons. The van der Waals surface area contributed by atoms with Gasteiger partial charge in [-0.3, -0.25) is 0 Å². The van der Waals surface area contributed by atoms with E-state index in [1.165, 1.54) is 0 Å². The van der Waals surface area contributed by atoms with E-state index in [0.717, 1.165) is 27.7 Å². The Kier molecular flexibility index (Phi) is 3.88. The molecule has 3 aromatic rings. The Morgan fingerprint density at radius 3 is 2.59 bits per heavy atom. The van der Waals surface area contributed by atoms with Gasteiger partial charge in [-0.1, -0.05) is 48.5 Å². The third-order valence-electron chi connectivity index (χ3n) is 3.61. The number of rotatable bonds is 3. The number of para-hydroxylation sites is 1. The van der Waals surface area contributed by atoms with Crippen LogP contribution in [0.15, 0.2) is 54.6 Å². The Hall–Kier alpha value is -2.68. The van der Waals surface area contributed by atoms with E-state index >= 15 is 0 Å². The number of carbonyl (C=O) groups is 1. The van der Waals surface area contributed by atoms with Gasteiger partial charge >= 0.3 is 5.97 Å². The molecule has 1 aromatic heterocycles. The fourth-order valence-corrected chi connectivity index (χ4v) is 2.53. The fraction of sp³-hybridized carbons (Fsp3) is 0.158. The molecule has 0 atom stereocenters. The Morgan fingerprint density at radius 1 is 1.09 bits per heavy atom. The molecule has 3 heteroatoms. The first kappa shape index (κ1) is 14.3. The van der Waals surface area contributed by atoms with Crippen molar-refractivity contribution in [1.29, 1.82) is 0 Å². The third-order valence-corrected chi connectivity index (χ3v) is 3.61. The normalized spacial score (nSPS) is 10.6. The van der Waals surface area contributed by atoms with Gasteiger partial charge in [-0.05, 0) is 25.5 Å². The number of hydrogen-bond donors (Lipinski definition) is 0. The average Bonchev–Trinajstić information content (AvgIpc) is 2.55. The van der Waals surface area contributed by atoms with Crippen molar-refractivity contribution >= 4 is 16.9 Å². The average molecular weight is 291 g/mol. The molecule has 1 heterocycles. The molecule has 3 nitrogen and oxygen atoms in total. The number of pyridine rings is 1. The molecule has 0 aliphatic carbocycles. The Labute approximate surface area is 129 Å². The number of aromatic nitrogens is 1. The Morgan fingerprint density at radius 2 is 1.86 bits per heavy atom. The number of hydrogen-bond acceptors (Lipinski definition) is 3. The highest BCUT2D eigenvalue weighted by Gasteiger charge is 2.15. The molecule has 0 saturated carbocycles. The standard InChI is InChI=1S/C19H17NO2/c1-3-22-19(21)16-12-17(14-9-5-4-6-10-14)20-18-13(2)8-7-11-15(16)18/h4-12H,3H2,1-2H3. The SMILES string of the molecule is CCOC(=O)c1cc(-c2ccccc2)nc2c(C)cccc12. The summed E-state index contributed by atoms with van der Waals surface area (Å²) in [6.07, 6.45) is 0. The minimum Gasteiger partial charge on any atom is -0.462 e. The summed E-state index contributed by atoms with van der Waals surface area (Å²) >= 11 is 0. The maximum atomic E-state index is 12.3. The summed E-state index contributed by atoms with van der Waals surface area (Å²) in [5.41, 5.74) is 4.21. The van der Waals surface area contributed by atoms with Crippen LogP contribution in [-0.4, -0.2) is 17.6 Å². The van der Waals surface area contributed by atoms with Crippen LogP contribution in [-0.2, 0) is 4.74 Å². The second kappa shape index (κ2) is 5.98. The largest absolute Gasteiger partial charge is 0.462 e. The van der Waals surface area contributed by atoms with E-state index in [9.17, 15) is 4.79 Å². The lowest BCUT2D eigenvalue weighted by Crippen LogP contribution is -2.07. The summed E-state index contributed by atoms with van der Waals surface area (Å²) < 4.78 is 5.20. The highest BCUT2D eigenvalue weighted by atomic mass is 16.5. The van der Waals surface area contributed by atoms with Gasteiger partial charge in [0.15, 0.2) is 0 Å². The topological polar surface area (TPSA) is 39.2 Å². The number of aryl methyl sites for hydroxylation is 1. The number of fused-ring (bicyclic) bond motifs is 1. The number of benzene rings is 2. The van der Waals surface area contributed by atoms with Crippen LogP contribution < -0.4 is 0 Å². The summed E-state index contributed by atoms with van der Waals surface area (Å²) in [6, 6.07) is 17.5. The zero-order valence-corrected chi connectivity index (χ0v) is 12.7. The summed E-state index contributed by atoms with van der Waals surface area (Å²) in [7, 11) is 0. The van der Waals surface area contributed by atoms with Gasteiger partial charge < -0.3 is 4.74 Å². The quantitative estimate of drug-likeness (QED) is 0.672. The molecule has 0 unspecified atom stereocenters. The van der Waals surface area contributed by atoms with Gasteiger partial charge in [0.25, 0.3) is 0 Å². The summed E-state index contributed by atoms with van der Waals surface area (Å²) in [5.74, 6) is -0.308. The number of nitrogens with zero attached hydrogens (tertiary/aromatic N) is 1. The molecule has 110 valence electrons. The monoisotopic (exact) mass is 291 g/mol. The van der Waals surface area contributed by atoms with E-state index in [2.05, 4.69) is 0 Å². The second-order valence-corrected chi connectivity index (χ2v) is 5.11. The van der Waals surface area contributed by atoms with E-state index in [4.69, 9.17) is 9.72 Å². The van der Waals surface area contributed by atoms with Crippen LogP contribution in [0.3, 0.4) is 0 Å². The zero-order chi connectivity index (χ0) is 15.5. The molecule has 0 bridgehead atoms. The first-order valence-corrected chi connectivity index (χ1v) is 7.33. The molecule has 22 heavy (non-hydrogen) atoms. The third kappa shape index (κ3) is 2.58. The number of esters is 1. The summed E-state index contributed by atoms with van der Waals surface area (Å²) in [6.45, 7) is 4.17. The van der Waals surface area contributed by atoms with Crippen molar-refractivity contribution in [2.45, 2.75) is 13.8 Å². The number of ether oxygens (including phenoxy) is 1. The van der Waals surface area contributed by atoms with Gasteiger partial charge in [0.2, 0.25) is 0 Å². The smallest absolute Gasteiger partial charge is 0.338 e. The molecule has 0 aliphatic rings. The molecule has 0 fully saturated rings. The van der Waals surface area contributed by atoms with E-state index in [1.54, 1.807) is 0 Å². The summed E-state index contributed by atoms with van der Waals surface area (Å²) in [5, 5.41) is 0.832. The first-order chi connectivity index (χ1) is 10.7. The molecule has 0 N–H and O–H groups in total. The second-order valence-electron chi connectivity index (χ2n) is 5.11. The van der Waals surface area contributed by atoms with E-state index in [1.807, 2.05) is 68.4 Å². The van der Waals surface area contributed by atoms with Crippen molar-refractivity contribution in [2.24, 2.45) is 0 Å². The van der Waals surface area contributed by atoms with Gasteiger partial charge in [0.05, 0.1) is 23.4 Å². The molecule has 0 saturated heterocycles. The zero-order valence-electron chi connectivity index (χ0n) is 12.7. The fourth-order valence-electron chi connectivity index (χ4n) is 2.53. The maximum absolute atomic E-state index is 12.3. The Bertz CT molecular complexity index is 825. The van der Waals surface area contributed by atoms with Crippen molar-refractivity contribution in [1.82, 2.24) is 4.98 Å². The minimum absolute atomic E-state index is 0.308. The van der Waals surface area contributed by atoms with Gasteiger partial charge in [0, 0.05) is 10.9 Å². The van der Waals surface area contributed by atoms with Crippen molar-refractivity contribution in [3.05, 3.63) is 65.7 Å². The van der Waals surface area contributed by atoms with Crippen molar-refractivity contribution < 1.29 is 9.53 Å². The van der Waals surface area contributed by atoms with Crippen LogP contribution in [0, 0.1) is 6.92 Å². The van der Waals surface area contributed by atoms with Crippen LogP contribution in [0.2, 0.25) is 0 Å².